The van der Waals surface area contributed by atoms with E-state index >= 15 is 0 Å². The molecule has 28 heavy (non-hydrogen) atoms. The summed E-state index contributed by atoms with van der Waals surface area (Å²) in [5.41, 5.74) is 1.20. The molecule has 142 valence electrons. The first-order valence-electron chi connectivity index (χ1n) is 8.67. The second-order valence-corrected chi connectivity index (χ2v) is 6.13. The monoisotopic (exact) mass is 377 g/mol. The van der Waals surface area contributed by atoms with Gasteiger partial charge in [-0.1, -0.05) is 36.4 Å². The quantitative estimate of drug-likeness (QED) is 0.684. The normalized spacial score (nSPS) is 11.5. The molecule has 0 radical (unpaired) electrons. The van der Waals surface area contributed by atoms with Crippen molar-refractivity contribution in [2.75, 3.05) is 12.4 Å². The summed E-state index contributed by atoms with van der Waals surface area (Å²) in [6.07, 6.45) is -0.994. The van der Waals surface area contributed by atoms with Crippen molar-refractivity contribution in [3.05, 3.63) is 77.9 Å². The van der Waals surface area contributed by atoms with Crippen LogP contribution in [0.25, 0.3) is 10.8 Å². The van der Waals surface area contributed by atoms with Crippen LogP contribution in [0, 0.1) is 0 Å². The van der Waals surface area contributed by atoms with Gasteiger partial charge in [-0.2, -0.15) is 0 Å². The van der Waals surface area contributed by atoms with E-state index in [1.165, 1.54) is 38.3 Å². The van der Waals surface area contributed by atoms with Crippen molar-refractivity contribution >= 4 is 34.3 Å². The van der Waals surface area contributed by atoms with Gasteiger partial charge in [0, 0.05) is 11.1 Å². The van der Waals surface area contributed by atoms with Crippen molar-refractivity contribution in [2.45, 2.75) is 13.0 Å². The zero-order chi connectivity index (χ0) is 20.1. The Morgan fingerprint density at radius 1 is 0.821 bits per heavy atom. The smallest absolute Gasteiger partial charge is 0.338 e. The lowest BCUT2D eigenvalue weighted by atomic mass is 10.1. The molecule has 6 nitrogen and oxygen atoms in total. The Hall–Kier alpha value is -3.67. The minimum absolute atomic E-state index is 0.234. The topological polar surface area (TPSA) is 81.7 Å². The average molecular weight is 377 g/mol. The zero-order valence-electron chi connectivity index (χ0n) is 15.5. The Bertz CT molecular complexity index is 1020. The van der Waals surface area contributed by atoms with E-state index in [-0.39, 0.29) is 5.56 Å². The van der Waals surface area contributed by atoms with Gasteiger partial charge in [0.25, 0.3) is 5.91 Å². The minimum atomic E-state index is -0.994. The summed E-state index contributed by atoms with van der Waals surface area (Å²) in [7, 11) is 1.28. The highest BCUT2D eigenvalue weighted by molar-refractivity contribution is 6.04. The molecule has 0 bridgehead atoms. The van der Waals surface area contributed by atoms with E-state index in [1.807, 2.05) is 36.4 Å². The van der Waals surface area contributed by atoms with Gasteiger partial charge in [-0.05, 0) is 42.6 Å². The maximum absolute atomic E-state index is 12.5. The summed E-state index contributed by atoms with van der Waals surface area (Å²) in [6, 6.07) is 19.1. The molecule has 0 heterocycles. The summed E-state index contributed by atoms with van der Waals surface area (Å²) < 4.78 is 9.85. The average Bonchev–Trinajstić information content (AvgIpc) is 2.73. The molecule has 3 rings (SSSR count). The van der Waals surface area contributed by atoms with Gasteiger partial charge in [-0.25, -0.2) is 9.59 Å². The van der Waals surface area contributed by atoms with E-state index in [9.17, 15) is 14.4 Å². The molecule has 3 aromatic carbocycles. The SMILES string of the molecule is COC(=O)c1ccc(C(=O)OC(C)C(=O)Nc2cccc3ccccc23)cc1. The predicted molar refractivity (Wildman–Crippen MR) is 105 cm³/mol. The molecule has 1 amide bonds. The standard InChI is InChI=1S/C22H19NO5/c1-14(28-22(26)17-12-10-16(11-13-17)21(25)27-2)20(24)23-19-9-5-7-15-6-3-4-8-18(15)19/h3-14H,1-2H3,(H,23,24). The molecule has 0 saturated heterocycles. The van der Waals surface area contributed by atoms with E-state index in [0.29, 0.717) is 11.3 Å². The number of ether oxygens (including phenoxy) is 2. The fourth-order valence-corrected chi connectivity index (χ4v) is 2.71. The van der Waals surface area contributed by atoms with Crippen molar-refractivity contribution in [1.82, 2.24) is 0 Å². The van der Waals surface area contributed by atoms with Gasteiger partial charge < -0.3 is 14.8 Å². The minimum Gasteiger partial charge on any atom is -0.465 e. The maximum Gasteiger partial charge on any atom is 0.338 e. The Morgan fingerprint density at radius 2 is 1.43 bits per heavy atom. The van der Waals surface area contributed by atoms with Crippen LogP contribution in [0.15, 0.2) is 66.7 Å². The lowest BCUT2D eigenvalue weighted by Crippen LogP contribution is -2.30. The van der Waals surface area contributed by atoms with Gasteiger partial charge in [0.2, 0.25) is 0 Å². The highest BCUT2D eigenvalue weighted by Crippen LogP contribution is 2.23. The maximum atomic E-state index is 12.5. The molecule has 0 saturated carbocycles. The van der Waals surface area contributed by atoms with E-state index in [2.05, 4.69) is 10.1 Å². The van der Waals surface area contributed by atoms with Crippen LogP contribution in [0.4, 0.5) is 5.69 Å². The Labute approximate surface area is 162 Å². The number of nitrogens with one attached hydrogen (secondary N) is 1. The van der Waals surface area contributed by atoms with Crippen LogP contribution < -0.4 is 5.32 Å². The molecular weight excluding hydrogens is 358 g/mol. The number of esters is 2. The van der Waals surface area contributed by atoms with Gasteiger partial charge in [-0.15, -0.1) is 0 Å². The second kappa shape index (κ2) is 8.35. The fraction of sp³-hybridized carbons (Fsp3) is 0.136. The van der Waals surface area contributed by atoms with E-state index < -0.39 is 23.9 Å². The van der Waals surface area contributed by atoms with Crippen LogP contribution in [-0.4, -0.2) is 31.1 Å². The van der Waals surface area contributed by atoms with Crippen LogP contribution in [-0.2, 0) is 14.3 Å². The summed E-state index contributed by atoms with van der Waals surface area (Å²) in [5, 5.41) is 4.69. The number of carbonyl (C=O) groups excluding carboxylic acids is 3. The Balaban J connectivity index is 1.66. The van der Waals surface area contributed by atoms with Gasteiger partial charge in [0.05, 0.1) is 18.2 Å². The molecule has 0 aromatic heterocycles. The van der Waals surface area contributed by atoms with Crippen LogP contribution in [0.2, 0.25) is 0 Å². The van der Waals surface area contributed by atoms with Gasteiger partial charge in [0.15, 0.2) is 6.10 Å². The number of benzene rings is 3. The fourth-order valence-electron chi connectivity index (χ4n) is 2.71. The highest BCUT2D eigenvalue weighted by Gasteiger charge is 2.20. The molecular formula is C22H19NO5. The number of amides is 1. The summed E-state index contributed by atoms with van der Waals surface area (Å²) in [6.45, 7) is 1.50. The van der Waals surface area contributed by atoms with E-state index in [4.69, 9.17) is 4.74 Å². The second-order valence-electron chi connectivity index (χ2n) is 6.13. The molecule has 1 unspecified atom stereocenters. The third-order valence-electron chi connectivity index (χ3n) is 4.24. The van der Waals surface area contributed by atoms with Crippen molar-refractivity contribution in [2.24, 2.45) is 0 Å². The number of carbonyl (C=O) groups is 3. The number of methoxy groups -OCH3 is 1. The van der Waals surface area contributed by atoms with Gasteiger partial charge >= 0.3 is 11.9 Å². The first-order valence-corrected chi connectivity index (χ1v) is 8.67. The highest BCUT2D eigenvalue weighted by atomic mass is 16.5. The summed E-state index contributed by atoms with van der Waals surface area (Å²) in [5.74, 6) is -1.59. The van der Waals surface area contributed by atoms with Crippen LogP contribution in [0.1, 0.15) is 27.6 Å². The van der Waals surface area contributed by atoms with Crippen molar-refractivity contribution < 1.29 is 23.9 Å². The molecule has 0 aliphatic carbocycles. The van der Waals surface area contributed by atoms with Crippen molar-refractivity contribution in [3.8, 4) is 0 Å². The van der Waals surface area contributed by atoms with Gasteiger partial charge in [-0.3, -0.25) is 4.79 Å². The molecule has 0 spiro atoms. The Kier molecular flexibility index (Phi) is 5.69. The summed E-state index contributed by atoms with van der Waals surface area (Å²) >= 11 is 0. The predicted octanol–water partition coefficient (Wildman–Crippen LogP) is 3.81. The number of fused-ring (bicyclic) bond motifs is 1. The zero-order valence-corrected chi connectivity index (χ0v) is 15.5. The van der Waals surface area contributed by atoms with E-state index in [0.717, 1.165) is 10.8 Å². The van der Waals surface area contributed by atoms with Crippen LogP contribution in [0.5, 0.6) is 0 Å². The third kappa shape index (κ3) is 4.17. The number of hydrogen-bond donors (Lipinski definition) is 1. The third-order valence-corrected chi connectivity index (χ3v) is 4.24. The molecule has 6 heteroatoms. The van der Waals surface area contributed by atoms with Crippen LogP contribution in [0.3, 0.4) is 0 Å². The lowest BCUT2D eigenvalue weighted by molar-refractivity contribution is -0.123. The first-order chi connectivity index (χ1) is 13.5. The first kappa shape index (κ1) is 19.1. The van der Waals surface area contributed by atoms with Gasteiger partial charge in [0.1, 0.15) is 0 Å². The molecule has 3 aromatic rings. The molecule has 1 N–H and O–H groups in total. The molecule has 0 aliphatic heterocycles. The van der Waals surface area contributed by atoms with Crippen molar-refractivity contribution in [3.63, 3.8) is 0 Å². The van der Waals surface area contributed by atoms with Crippen molar-refractivity contribution in [1.29, 1.82) is 0 Å². The molecule has 0 fully saturated rings. The number of anilines is 1. The molecule has 0 aliphatic rings. The number of rotatable bonds is 5. The largest absolute Gasteiger partial charge is 0.465 e. The molecule has 1 atom stereocenters. The van der Waals surface area contributed by atoms with Crippen LogP contribution >= 0.6 is 0 Å². The lowest BCUT2D eigenvalue weighted by Gasteiger charge is -2.15. The number of hydrogen-bond acceptors (Lipinski definition) is 5. The Morgan fingerprint density at radius 3 is 2.11 bits per heavy atom. The summed E-state index contributed by atoms with van der Waals surface area (Å²) in [4.78, 5) is 36.1. The van der Waals surface area contributed by atoms with E-state index in [1.54, 1.807) is 6.07 Å².